The van der Waals surface area contributed by atoms with Crippen LogP contribution in [0, 0.1) is 11.3 Å². The van der Waals surface area contributed by atoms with Crippen molar-refractivity contribution in [1.82, 2.24) is 0 Å². The van der Waals surface area contributed by atoms with E-state index < -0.39 is 15.1 Å². The van der Waals surface area contributed by atoms with Crippen molar-refractivity contribution in [2.24, 2.45) is 0 Å². The van der Waals surface area contributed by atoms with Crippen molar-refractivity contribution in [3.8, 4) is 11.8 Å². The molecule has 0 amide bonds. The highest BCUT2D eigenvalue weighted by molar-refractivity contribution is 8.45. The quantitative estimate of drug-likeness (QED) is 0.691. The predicted molar refractivity (Wildman–Crippen MR) is 78.8 cm³/mol. The van der Waals surface area contributed by atoms with E-state index in [9.17, 15) is 19.4 Å². The zero-order valence-corrected chi connectivity index (χ0v) is 12.5. The number of anilines is 2. The molecule has 9 heteroatoms. The van der Waals surface area contributed by atoms with E-state index in [4.69, 9.17) is 5.26 Å². The summed E-state index contributed by atoms with van der Waals surface area (Å²) in [4.78, 5) is -2.04. The second-order valence-electron chi connectivity index (χ2n) is 4.68. The summed E-state index contributed by atoms with van der Waals surface area (Å²) < 4.78 is 69.5. The van der Waals surface area contributed by atoms with Gasteiger partial charge in [0.2, 0.25) is 0 Å². The van der Waals surface area contributed by atoms with Gasteiger partial charge in [0, 0.05) is 23.5 Å². The Kier molecular flexibility index (Phi) is 3.50. The van der Waals surface area contributed by atoms with E-state index >= 15 is 0 Å². The number of hydrogen-bond acceptors (Lipinski definition) is 3. The molecule has 0 aliphatic rings. The van der Waals surface area contributed by atoms with Gasteiger partial charge >= 0.3 is 10.2 Å². The average molecular weight is 350 g/mol. The highest BCUT2D eigenvalue weighted by Gasteiger charge is 2.65. The highest BCUT2D eigenvalue weighted by Crippen LogP contribution is 3.02. The third-order valence-electron chi connectivity index (χ3n) is 2.86. The minimum Gasteiger partial charge on any atom is -0.497 e. The third kappa shape index (κ3) is 4.26. The van der Waals surface area contributed by atoms with Crippen molar-refractivity contribution in [2.45, 2.75) is 4.90 Å². The molecule has 0 unspecified atom stereocenters. The highest BCUT2D eigenvalue weighted by atomic mass is 32.5. The van der Waals surface area contributed by atoms with Gasteiger partial charge in [-0.3, -0.25) is 0 Å². The van der Waals surface area contributed by atoms with E-state index in [2.05, 4.69) is 10.1 Å². The Labute approximate surface area is 129 Å². The summed E-state index contributed by atoms with van der Waals surface area (Å²) in [6.45, 7) is 0. The molecule has 1 N–H and O–H groups in total. The van der Waals surface area contributed by atoms with Gasteiger partial charge < -0.3 is 10.1 Å². The molecule has 0 radical (unpaired) electrons. The van der Waals surface area contributed by atoms with Crippen molar-refractivity contribution in [1.29, 1.82) is 5.26 Å². The largest absolute Gasteiger partial charge is 0.497 e. The number of hydrogen-bond donors (Lipinski definition) is 1. The molecule has 2 rings (SSSR count). The van der Waals surface area contributed by atoms with Gasteiger partial charge in [0.25, 0.3) is 0 Å². The monoisotopic (exact) mass is 350 g/mol. The maximum atomic E-state index is 13.0. The molecular formula is C14H11F5N2OS. The fraction of sp³-hybridized carbons (Fsp3) is 0.0714. The van der Waals surface area contributed by atoms with Crippen LogP contribution in [0.1, 0.15) is 5.56 Å². The second-order valence-corrected chi connectivity index (χ2v) is 7.09. The van der Waals surface area contributed by atoms with Crippen molar-refractivity contribution < 1.29 is 24.2 Å². The summed E-state index contributed by atoms with van der Waals surface area (Å²) >= 11 is 0. The molecule has 0 spiro atoms. The van der Waals surface area contributed by atoms with Crippen LogP contribution < -0.4 is 10.1 Å². The molecule has 0 saturated carbocycles. The molecule has 2 aromatic carbocycles. The zero-order valence-electron chi connectivity index (χ0n) is 11.7. The summed E-state index contributed by atoms with van der Waals surface area (Å²) in [6, 6.07) is 9.38. The first kappa shape index (κ1) is 16.9. The molecule has 0 atom stereocenters. The van der Waals surface area contributed by atoms with Crippen LogP contribution in [-0.4, -0.2) is 7.11 Å². The van der Waals surface area contributed by atoms with Crippen LogP contribution in [0.4, 0.5) is 30.8 Å². The minimum absolute atomic E-state index is 0.211. The molecule has 0 fully saturated rings. The van der Waals surface area contributed by atoms with Crippen molar-refractivity contribution >= 4 is 21.6 Å². The van der Waals surface area contributed by atoms with Crippen LogP contribution in [0.3, 0.4) is 0 Å². The first-order valence-corrected chi connectivity index (χ1v) is 8.07. The lowest BCUT2D eigenvalue weighted by Crippen LogP contribution is -2.07. The normalized spacial score (nSPS) is 14.3. The maximum Gasteiger partial charge on any atom is 0.310 e. The molecule has 3 nitrogen and oxygen atoms in total. The van der Waals surface area contributed by atoms with E-state index in [1.165, 1.54) is 24.3 Å². The lowest BCUT2D eigenvalue weighted by Gasteiger charge is -2.40. The molecule has 0 saturated heterocycles. The number of ether oxygens (including phenoxy) is 1. The van der Waals surface area contributed by atoms with Crippen LogP contribution in [0.15, 0.2) is 47.4 Å². The van der Waals surface area contributed by atoms with Crippen molar-refractivity contribution in [3.63, 3.8) is 0 Å². The third-order valence-corrected chi connectivity index (χ3v) is 3.99. The Hall–Kier alpha value is -2.47. The lowest BCUT2D eigenvalue weighted by atomic mass is 10.2. The van der Waals surface area contributed by atoms with Gasteiger partial charge in [0.1, 0.15) is 10.6 Å². The van der Waals surface area contributed by atoms with Crippen LogP contribution >= 0.6 is 10.2 Å². The van der Waals surface area contributed by atoms with Gasteiger partial charge in [0.15, 0.2) is 0 Å². The van der Waals surface area contributed by atoms with E-state index in [0.29, 0.717) is 17.3 Å². The molecular weight excluding hydrogens is 339 g/mol. The van der Waals surface area contributed by atoms with Gasteiger partial charge in [-0.25, -0.2) is 0 Å². The molecule has 0 aliphatic carbocycles. The number of methoxy groups -OCH3 is 1. The van der Waals surface area contributed by atoms with Gasteiger partial charge in [-0.2, -0.15) is 5.26 Å². The van der Waals surface area contributed by atoms with Crippen LogP contribution in [0.25, 0.3) is 0 Å². The fourth-order valence-corrected chi connectivity index (χ4v) is 2.47. The number of nitrogens with one attached hydrogen (secondary N) is 1. The molecule has 0 aliphatic heterocycles. The molecule has 124 valence electrons. The Morgan fingerprint density at radius 2 is 1.57 bits per heavy atom. The molecule has 0 bridgehead atoms. The van der Waals surface area contributed by atoms with Gasteiger partial charge in [-0.05, 0) is 30.3 Å². The van der Waals surface area contributed by atoms with Crippen molar-refractivity contribution in [3.05, 3.63) is 48.0 Å². The summed E-state index contributed by atoms with van der Waals surface area (Å²) in [5.74, 6) is -0.355. The average Bonchev–Trinajstić information content (AvgIpc) is 2.45. The van der Waals surface area contributed by atoms with Gasteiger partial charge in [0.05, 0.1) is 18.7 Å². The SMILES string of the molecule is COc1cc(Nc2ccc(C#N)cc2)cc(S(F)(F)(F)(F)F)c1. The van der Waals surface area contributed by atoms with Gasteiger partial charge in [-0.15, -0.1) is 0 Å². The minimum atomic E-state index is -9.82. The second kappa shape index (κ2) is 4.76. The van der Waals surface area contributed by atoms with Gasteiger partial charge in [-0.1, -0.05) is 19.4 Å². The summed E-state index contributed by atoms with van der Waals surface area (Å²) in [6.07, 6.45) is 0. The summed E-state index contributed by atoms with van der Waals surface area (Å²) in [5.41, 5.74) is 0.483. The standard InChI is InChI=1S/C14H11F5N2OS/c1-22-13-6-12(7-14(8-13)23(15,16,17,18)19)21-11-4-2-10(9-20)3-5-11/h2-8,21H,1H3. The first-order chi connectivity index (χ1) is 10.4. The lowest BCUT2D eigenvalue weighted by molar-refractivity contribution is 0.361. The Bertz CT molecular complexity index is 782. The number of nitriles is 1. The Morgan fingerprint density at radius 3 is 2.04 bits per heavy atom. The number of halogens is 5. The number of benzene rings is 2. The van der Waals surface area contributed by atoms with E-state index in [1.807, 2.05) is 6.07 Å². The van der Waals surface area contributed by atoms with Crippen LogP contribution in [0.2, 0.25) is 0 Å². The topological polar surface area (TPSA) is 45.0 Å². The fourth-order valence-electron chi connectivity index (χ4n) is 1.78. The maximum absolute atomic E-state index is 13.0. The van der Waals surface area contributed by atoms with Crippen molar-refractivity contribution in [2.75, 3.05) is 12.4 Å². The van der Waals surface area contributed by atoms with E-state index in [-0.39, 0.29) is 17.5 Å². The first-order valence-electron chi connectivity index (χ1n) is 6.12. The summed E-state index contributed by atoms with van der Waals surface area (Å²) in [7, 11) is -8.74. The smallest absolute Gasteiger partial charge is 0.310 e. The number of nitrogens with zero attached hydrogens (tertiary/aromatic N) is 1. The molecule has 0 heterocycles. The molecule has 23 heavy (non-hydrogen) atoms. The van der Waals surface area contributed by atoms with E-state index in [1.54, 1.807) is 0 Å². The predicted octanol–water partition coefficient (Wildman–Crippen LogP) is 5.97. The number of rotatable bonds is 4. The van der Waals surface area contributed by atoms with E-state index in [0.717, 1.165) is 13.2 Å². The van der Waals surface area contributed by atoms with Crippen LogP contribution in [0.5, 0.6) is 5.75 Å². The summed E-state index contributed by atoms with van der Waals surface area (Å²) in [5, 5.41) is 11.3. The Balaban J connectivity index is 2.45. The molecule has 2 aromatic rings. The zero-order chi connectivity index (χ0) is 17.4. The molecule has 0 aromatic heterocycles. The Morgan fingerprint density at radius 1 is 0.957 bits per heavy atom. The van der Waals surface area contributed by atoms with Crippen LogP contribution in [-0.2, 0) is 0 Å².